The van der Waals surface area contributed by atoms with Gasteiger partial charge in [0.15, 0.2) is 5.96 Å². The molecule has 0 aliphatic carbocycles. The molecule has 26 heavy (non-hydrogen) atoms. The minimum Gasteiger partial charge on any atom is -0.481 e. The van der Waals surface area contributed by atoms with Crippen molar-refractivity contribution < 1.29 is 9.47 Å². The van der Waals surface area contributed by atoms with E-state index in [0.717, 1.165) is 22.2 Å². The van der Waals surface area contributed by atoms with Gasteiger partial charge < -0.3 is 19.7 Å². The van der Waals surface area contributed by atoms with E-state index in [1.54, 1.807) is 38.8 Å². The Hall–Kier alpha value is -1.46. The molecule has 0 saturated heterocycles. The third kappa shape index (κ3) is 6.36. The van der Waals surface area contributed by atoms with Crippen molar-refractivity contribution in [1.29, 1.82) is 0 Å². The van der Waals surface area contributed by atoms with E-state index < -0.39 is 0 Å². The normalized spacial score (nSPS) is 12.3. The maximum Gasteiger partial charge on any atom is 0.212 e. The molecule has 2 aromatic heterocycles. The highest BCUT2D eigenvalue weighted by Crippen LogP contribution is 2.20. The van der Waals surface area contributed by atoms with Crippen LogP contribution in [0, 0.1) is 0 Å². The van der Waals surface area contributed by atoms with Crippen molar-refractivity contribution in [1.82, 2.24) is 20.2 Å². The molecule has 0 spiro atoms. The second-order valence-electron chi connectivity index (χ2n) is 5.52. The van der Waals surface area contributed by atoms with Gasteiger partial charge in [0.25, 0.3) is 0 Å². The first-order valence-electron chi connectivity index (χ1n) is 7.95. The number of thiazole rings is 1. The van der Waals surface area contributed by atoms with Gasteiger partial charge in [0.05, 0.1) is 19.3 Å². The Morgan fingerprint density at radius 2 is 2.15 bits per heavy atom. The molecule has 1 atom stereocenters. The lowest BCUT2D eigenvalue weighted by atomic mass is 10.3. The van der Waals surface area contributed by atoms with Crippen LogP contribution in [0.1, 0.15) is 29.3 Å². The van der Waals surface area contributed by atoms with Crippen molar-refractivity contribution in [2.24, 2.45) is 4.99 Å². The highest BCUT2D eigenvalue weighted by molar-refractivity contribution is 14.0. The summed E-state index contributed by atoms with van der Waals surface area (Å²) in [4.78, 5) is 15.2. The molecule has 1 N–H and O–H groups in total. The maximum absolute atomic E-state index is 5.31. The van der Waals surface area contributed by atoms with Crippen LogP contribution in [0.4, 0.5) is 0 Å². The smallest absolute Gasteiger partial charge is 0.212 e. The summed E-state index contributed by atoms with van der Waals surface area (Å²) >= 11 is 1.61. The molecule has 2 rings (SSSR count). The van der Waals surface area contributed by atoms with Crippen molar-refractivity contribution in [3.8, 4) is 5.88 Å². The Kier molecular flexibility index (Phi) is 9.81. The number of nitrogens with zero attached hydrogens (tertiary/aromatic N) is 4. The molecule has 0 aliphatic rings. The highest BCUT2D eigenvalue weighted by Gasteiger charge is 2.12. The number of aromatic nitrogens is 2. The van der Waals surface area contributed by atoms with Crippen molar-refractivity contribution >= 4 is 41.3 Å². The summed E-state index contributed by atoms with van der Waals surface area (Å²) < 4.78 is 10.4. The first-order valence-corrected chi connectivity index (χ1v) is 8.83. The van der Waals surface area contributed by atoms with Gasteiger partial charge in [-0.3, -0.25) is 4.99 Å². The number of hydrogen-bond acceptors (Lipinski definition) is 6. The van der Waals surface area contributed by atoms with Gasteiger partial charge in [0.1, 0.15) is 11.1 Å². The fraction of sp³-hybridized carbons (Fsp3) is 0.471. The summed E-state index contributed by atoms with van der Waals surface area (Å²) in [6.07, 6.45) is 1.81. The Balaban J connectivity index is 0.00000338. The second-order valence-corrected chi connectivity index (χ2v) is 6.41. The lowest BCUT2D eigenvalue weighted by Crippen LogP contribution is -2.38. The van der Waals surface area contributed by atoms with Crippen LogP contribution in [0.25, 0.3) is 0 Å². The number of hydrogen-bond donors (Lipinski definition) is 1. The molecular weight excluding hydrogens is 465 g/mol. The molecule has 0 aliphatic heterocycles. The molecule has 144 valence electrons. The summed E-state index contributed by atoms with van der Waals surface area (Å²) in [6.45, 7) is 3.31. The molecule has 0 aromatic carbocycles. The molecule has 0 saturated carbocycles. The molecule has 7 nitrogen and oxygen atoms in total. The van der Waals surface area contributed by atoms with Gasteiger partial charge >= 0.3 is 0 Å². The Labute approximate surface area is 175 Å². The van der Waals surface area contributed by atoms with Gasteiger partial charge in [-0.05, 0) is 12.5 Å². The minimum absolute atomic E-state index is 0. The summed E-state index contributed by atoms with van der Waals surface area (Å²) in [6, 6.07) is 3.82. The fourth-order valence-corrected chi connectivity index (χ4v) is 3.04. The fourth-order valence-electron chi connectivity index (χ4n) is 2.20. The van der Waals surface area contributed by atoms with E-state index in [1.807, 2.05) is 31.0 Å². The van der Waals surface area contributed by atoms with E-state index in [4.69, 9.17) is 9.47 Å². The average molecular weight is 491 g/mol. The number of methoxy groups -OCH3 is 2. The zero-order valence-electron chi connectivity index (χ0n) is 15.7. The van der Waals surface area contributed by atoms with Crippen LogP contribution in [0.15, 0.2) is 28.7 Å². The van der Waals surface area contributed by atoms with Gasteiger partial charge in [-0.15, -0.1) is 35.3 Å². The SMILES string of the molecule is CN=C(NCc1ccc(OC)nc1)N(C)Cc1csc(C(C)OC)n1.I. The largest absolute Gasteiger partial charge is 0.481 e. The summed E-state index contributed by atoms with van der Waals surface area (Å²) in [5.41, 5.74) is 2.06. The predicted octanol–water partition coefficient (Wildman–Crippen LogP) is 3.08. The van der Waals surface area contributed by atoms with Gasteiger partial charge in [0, 0.05) is 45.4 Å². The summed E-state index contributed by atoms with van der Waals surface area (Å²) in [5, 5.41) is 6.37. The molecule has 0 bridgehead atoms. The average Bonchev–Trinajstić information content (AvgIpc) is 3.10. The van der Waals surface area contributed by atoms with Gasteiger partial charge in [0.2, 0.25) is 5.88 Å². The number of halogens is 1. The standard InChI is InChI=1S/C17H25N5O2S.HI/c1-12(23-4)16-21-14(11-25-16)10-22(3)17(18-2)20-9-13-6-7-15(24-5)19-8-13;/h6-8,11-12H,9-10H2,1-5H3,(H,18,20);1H. The van der Waals surface area contributed by atoms with Crippen LogP contribution < -0.4 is 10.1 Å². The quantitative estimate of drug-likeness (QED) is 0.365. The van der Waals surface area contributed by atoms with E-state index in [1.165, 1.54) is 0 Å². The number of nitrogens with one attached hydrogen (secondary N) is 1. The van der Waals surface area contributed by atoms with Crippen LogP contribution in [-0.2, 0) is 17.8 Å². The number of aliphatic imine (C=N–C) groups is 1. The van der Waals surface area contributed by atoms with Crippen LogP contribution in [0.5, 0.6) is 5.88 Å². The molecular formula is C17H26IN5O2S. The first-order chi connectivity index (χ1) is 12.1. The van der Waals surface area contributed by atoms with Crippen LogP contribution >= 0.6 is 35.3 Å². The highest BCUT2D eigenvalue weighted by atomic mass is 127. The molecule has 0 amide bonds. The van der Waals surface area contributed by atoms with Gasteiger partial charge in [-0.25, -0.2) is 9.97 Å². The molecule has 2 heterocycles. The van der Waals surface area contributed by atoms with Crippen LogP contribution in [-0.4, -0.2) is 49.1 Å². The summed E-state index contributed by atoms with van der Waals surface area (Å²) in [5.74, 6) is 1.40. The molecule has 2 aromatic rings. The van der Waals surface area contributed by atoms with E-state index in [-0.39, 0.29) is 30.1 Å². The van der Waals surface area contributed by atoms with E-state index in [9.17, 15) is 0 Å². The topological polar surface area (TPSA) is 71.9 Å². The summed E-state index contributed by atoms with van der Waals surface area (Å²) in [7, 11) is 7.05. The van der Waals surface area contributed by atoms with E-state index in [0.29, 0.717) is 19.0 Å². The second kappa shape index (κ2) is 11.3. The number of rotatable bonds is 7. The van der Waals surface area contributed by atoms with Crippen molar-refractivity contribution in [3.63, 3.8) is 0 Å². The zero-order valence-corrected chi connectivity index (χ0v) is 18.9. The Morgan fingerprint density at radius 3 is 2.73 bits per heavy atom. The lowest BCUT2D eigenvalue weighted by Gasteiger charge is -2.21. The Bertz CT molecular complexity index is 693. The van der Waals surface area contributed by atoms with Crippen molar-refractivity contribution in [3.05, 3.63) is 40.0 Å². The molecule has 1 unspecified atom stereocenters. The minimum atomic E-state index is 0. The predicted molar refractivity (Wildman–Crippen MR) is 115 cm³/mol. The lowest BCUT2D eigenvalue weighted by molar-refractivity contribution is 0.119. The van der Waals surface area contributed by atoms with Gasteiger partial charge in [-0.2, -0.15) is 0 Å². The third-order valence-corrected chi connectivity index (χ3v) is 4.76. The van der Waals surface area contributed by atoms with Crippen LogP contribution in [0.2, 0.25) is 0 Å². The van der Waals surface area contributed by atoms with E-state index in [2.05, 4.69) is 25.7 Å². The van der Waals surface area contributed by atoms with E-state index >= 15 is 0 Å². The van der Waals surface area contributed by atoms with Crippen molar-refractivity contribution in [2.75, 3.05) is 28.3 Å². The molecule has 0 fully saturated rings. The molecule has 9 heteroatoms. The Morgan fingerprint density at radius 1 is 1.38 bits per heavy atom. The number of guanidine groups is 1. The zero-order chi connectivity index (χ0) is 18.2. The van der Waals surface area contributed by atoms with Gasteiger partial charge in [-0.1, -0.05) is 6.07 Å². The first kappa shape index (κ1) is 22.6. The maximum atomic E-state index is 5.31. The number of pyridine rings is 1. The van der Waals surface area contributed by atoms with Crippen LogP contribution in [0.3, 0.4) is 0 Å². The third-order valence-electron chi connectivity index (χ3n) is 3.70. The molecule has 0 radical (unpaired) electrons. The number of ether oxygens (including phenoxy) is 2. The van der Waals surface area contributed by atoms with Crippen molar-refractivity contribution in [2.45, 2.75) is 26.1 Å². The monoisotopic (exact) mass is 491 g/mol.